The molecule has 1 unspecified atom stereocenters. The van der Waals surface area contributed by atoms with Gasteiger partial charge in [0.05, 0.1) is 18.0 Å². The number of halogens is 4. The molecule has 0 radical (unpaired) electrons. The highest BCUT2D eigenvalue weighted by Gasteiger charge is 2.34. The summed E-state index contributed by atoms with van der Waals surface area (Å²) in [5.41, 5.74) is -0.232. The fourth-order valence-corrected chi connectivity index (χ4v) is 3.86. The van der Waals surface area contributed by atoms with Gasteiger partial charge < -0.3 is 19.8 Å². The lowest BCUT2D eigenvalue weighted by atomic mass is 10.1. The summed E-state index contributed by atoms with van der Waals surface area (Å²) in [6.45, 7) is 3.27. The molecule has 1 atom stereocenters. The molecule has 1 aromatic carbocycles. The van der Waals surface area contributed by atoms with Gasteiger partial charge in [-0.2, -0.15) is 13.2 Å². The number of carboxylic acid groups (broad SMARTS) is 1. The minimum Gasteiger partial charge on any atom is -0.465 e. The van der Waals surface area contributed by atoms with Gasteiger partial charge in [0.2, 0.25) is 5.91 Å². The van der Waals surface area contributed by atoms with Crippen molar-refractivity contribution >= 4 is 24.4 Å². The average molecular weight is 436 g/mol. The first kappa shape index (κ1) is 23.3. The van der Waals surface area contributed by atoms with Crippen molar-refractivity contribution in [2.45, 2.75) is 31.5 Å². The number of carbonyl (C=O) groups excluding carboxylic acids is 1. The highest BCUT2D eigenvalue weighted by molar-refractivity contribution is 5.85. The van der Waals surface area contributed by atoms with Gasteiger partial charge >= 0.3 is 12.3 Å². The Morgan fingerprint density at radius 3 is 2.21 bits per heavy atom. The van der Waals surface area contributed by atoms with Crippen LogP contribution in [0.2, 0.25) is 0 Å². The number of amides is 2. The number of carbonyl (C=O) groups is 2. The third-order valence-electron chi connectivity index (χ3n) is 5.38. The van der Waals surface area contributed by atoms with Crippen LogP contribution in [0.15, 0.2) is 24.3 Å². The molecule has 2 aliphatic heterocycles. The predicted octanol–water partition coefficient (Wildman–Crippen LogP) is 2.96. The Hall–Kier alpha value is -2.00. The Labute approximate surface area is 173 Å². The Kier molecular flexibility index (Phi) is 7.76. The Balaban J connectivity index is 0.00000300. The first-order valence-corrected chi connectivity index (χ1v) is 9.40. The van der Waals surface area contributed by atoms with Crippen LogP contribution in [0.1, 0.15) is 24.0 Å². The number of piperazine rings is 1. The van der Waals surface area contributed by atoms with E-state index in [1.807, 2.05) is 0 Å². The van der Waals surface area contributed by atoms with Gasteiger partial charge in [-0.1, -0.05) is 12.1 Å². The fraction of sp³-hybridized carbons (Fsp3) is 0.579. The highest BCUT2D eigenvalue weighted by atomic mass is 35.5. The van der Waals surface area contributed by atoms with Gasteiger partial charge in [-0.3, -0.25) is 4.79 Å². The molecular weight excluding hydrogens is 411 g/mol. The molecule has 2 fully saturated rings. The molecule has 2 saturated heterocycles. The van der Waals surface area contributed by atoms with Crippen LogP contribution in [0, 0.1) is 0 Å². The Morgan fingerprint density at radius 1 is 1.03 bits per heavy atom. The van der Waals surface area contributed by atoms with E-state index >= 15 is 0 Å². The summed E-state index contributed by atoms with van der Waals surface area (Å²) in [4.78, 5) is 29.4. The summed E-state index contributed by atoms with van der Waals surface area (Å²) in [7, 11) is 0. The van der Waals surface area contributed by atoms with Crippen LogP contribution in [-0.2, 0) is 17.4 Å². The van der Waals surface area contributed by atoms with Gasteiger partial charge in [0.25, 0.3) is 0 Å². The first-order valence-electron chi connectivity index (χ1n) is 9.40. The predicted molar refractivity (Wildman–Crippen MR) is 103 cm³/mol. The van der Waals surface area contributed by atoms with Gasteiger partial charge in [0.15, 0.2) is 0 Å². The van der Waals surface area contributed by atoms with E-state index in [1.165, 1.54) is 17.0 Å². The van der Waals surface area contributed by atoms with Crippen LogP contribution in [0.5, 0.6) is 0 Å². The van der Waals surface area contributed by atoms with Crippen LogP contribution in [-0.4, -0.2) is 77.1 Å². The van der Waals surface area contributed by atoms with Gasteiger partial charge in [-0.25, -0.2) is 4.79 Å². The monoisotopic (exact) mass is 435 g/mol. The molecule has 162 valence electrons. The number of hydrogen-bond acceptors (Lipinski definition) is 3. The summed E-state index contributed by atoms with van der Waals surface area (Å²) < 4.78 is 38.1. The Morgan fingerprint density at radius 2 is 1.66 bits per heavy atom. The van der Waals surface area contributed by atoms with E-state index in [9.17, 15) is 27.9 Å². The number of alkyl halides is 3. The lowest BCUT2D eigenvalue weighted by Gasteiger charge is -2.42. The van der Waals surface area contributed by atoms with E-state index in [1.54, 1.807) is 4.90 Å². The number of rotatable bonds is 4. The number of benzene rings is 1. The maximum Gasteiger partial charge on any atom is 0.416 e. The van der Waals surface area contributed by atoms with E-state index in [-0.39, 0.29) is 43.9 Å². The van der Waals surface area contributed by atoms with Crippen molar-refractivity contribution in [1.82, 2.24) is 14.7 Å². The van der Waals surface area contributed by atoms with E-state index in [2.05, 4.69) is 4.90 Å². The summed E-state index contributed by atoms with van der Waals surface area (Å²) in [5.74, 6) is -0.186. The molecule has 0 aliphatic carbocycles. The van der Waals surface area contributed by atoms with Crippen LogP contribution in [0.4, 0.5) is 18.0 Å². The lowest BCUT2D eigenvalue weighted by Crippen LogP contribution is -2.59. The number of nitrogens with zero attached hydrogens (tertiary/aromatic N) is 3. The summed E-state index contributed by atoms with van der Waals surface area (Å²) in [5, 5.41) is 9.29. The summed E-state index contributed by atoms with van der Waals surface area (Å²) in [6, 6.07) is 4.36. The molecule has 0 saturated carbocycles. The van der Waals surface area contributed by atoms with Crippen molar-refractivity contribution in [2.24, 2.45) is 0 Å². The molecule has 2 aliphatic rings. The topological polar surface area (TPSA) is 64.1 Å². The minimum atomic E-state index is -4.41. The van der Waals surface area contributed by atoms with Crippen molar-refractivity contribution in [3.63, 3.8) is 0 Å². The average Bonchev–Trinajstić information content (AvgIpc) is 3.14. The second-order valence-electron chi connectivity index (χ2n) is 7.35. The summed E-state index contributed by atoms with van der Waals surface area (Å²) in [6.07, 6.45) is -3.22. The SMILES string of the molecule is Cl.O=C(O)N1CCN(C(=O)Cc2ccc(C(F)(F)F)cc2)C(CN2CCCC2)C1. The molecule has 3 rings (SSSR count). The zero-order valence-electron chi connectivity index (χ0n) is 15.9. The second kappa shape index (κ2) is 9.67. The van der Waals surface area contributed by atoms with Gasteiger partial charge in [0.1, 0.15) is 0 Å². The maximum absolute atomic E-state index is 12.8. The number of hydrogen-bond donors (Lipinski definition) is 1. The smallest absolute Gasteiger partial charge is 0.416 e. The van der Waals surface area contributed by atoms with Crippen molar-refractivity contribution in [3.05, 3.63) is 35.4 Å². The molecule has 0 aromatic heterocycles. The molecule has 6 nitrogen and oxygen atoms in total. The second-order valence-corrected chi connectivity index (χ2v) is 7.35. The van der Waals surface area contributed by atoms with Gasteiger partial charge in [-0.15, -0.1) is 12.4 Å². The van der Waals surface area contributed by atoms with E-state index in [0.717, 1.165) is 38.1 Å². The van der Waals surface area contributed by atoms with E-state index in [4.69, 9.17) is 0 Å². The third-order valence-corrected chi connectivity index (χ3v) is 5.38. The maximum atomic E-state index is 12.8. The largest absolute Gasteiger partial charge is 0.465 e. The minimum absolute atomic E-state index is 0. The van der Waals surface area contributed by atoms with Gasteiger partial charge in [-0.05, 0) is 43.6 Å². The van der Waals surface area contributed by atoms with Gasteiger partial charge in [0, 0.05) is 26.2 Å². The quantitative estimate of drug-likeness (QED) is 0.789. The molecule has 10 heteroatoms. The molecule has 29 heavy (non-hydrogen) atoms. The molecule has 1 aromatic rings. The Bertz CT molecular complexity index is 709. The zero-order chi connectivity index (χ0) is 20.3. The first-order chi connectivity index (χ1) is 13.2. The van der Waals surface area contributed by atoms with E-state index in [0.29, 0.717) is 18.7 Å². The molecule has 1 N–H and O–H groups in total. The van der Waals surface area contributed by atoms with Crippen molar-refractivity contribution in [3.8, 4) is 0 Å². The third kappa shape index (κ3) is 5.99. The molecule has 2 heterocycles. The van der Waals surface area contributed by atoms with Crippen LogP contribution in [0.3, 0.4) is 0 Å². The molecule has 0 bridgehead atoms. The normalized spacial score (nSPS) is 20.4. The fourth-order valence-electron chi connectivity index (χ4n) is 3.86. The van der Waals surface area contributed by atoms with Crippen molar-refractivity contribution in [2.75, 3.05) is 39.3 Å². The van der Waals surface area contributed by atoms with Crippen LogP contribution < -0.4 is 0 Å². The molecule has 0 spiro atoms. The summed E-state index contributed by atoms with van der Waals surface area (Å²) >= 11 is 0. The van der Waals surface area contributed by atoms with Crippen LogP contribution in [0.25, 0.3) is 0 Å². The standard InChI is InChI=1S/C19H24F3N3O3.ClH/c20-19(21,22)15-5-3-14(4-6-15)11-17(26)25-10-9-24(18(27)28)13-16(25)12-23-7-1-2-8-23;/h3-6,16H,1-2,7-13H2,(H,27,28);1H. The van der Waals surface area contributed by atoms with Crippen molar-refractivity contribution in [1.29, 1.82) is 0 Å². The highest BCUT2D eigenvalue weighted by Crippen LogP contribution is 2.29. The molecule has 2 amide bonds. The van der Waals surface area contributed by atoms with E-state index < -0.39 is 17.8 Å². The van der Waals surface area contributed by atoms with Crippen molar-refractivity contribution < 1.29 is 27.9 Å². The number of likely N-dealkylation sites (tertiary alicyclic amines) is 1. The zero-order valence-corrected chi connectivity index (χ0v) is 16.7. The molecular formula is C19H25ClF3N3O3. The van der Waals surface area contributed by atoms with Crippen LogP contribution >= 0.6 is 12.4 Å². The lowest BCUT2D eigenvalue weighted by molar-refractivity contribution is -0.137.